The van der Waals surface area contributed by atoms with E-state index in [4.69, 9.17) is 23.7 Å². The van der Waals surface area contributed by atoms with Crippen LogP contribution in [0.5, 0.6) is 11.5 Å². The maximum Gasteiger partial charge on any atom is 0.303 e. The van der Waals surface area contributed by atoms with Gasteiger partial charge in [-0.15, -0.1) is 0 Å². The van der Waals surface area contributed by atoms with Gasteiger partial charge in [0.2, 0.25) is 0 Å². The Morgan fingerprint density at radius 3 is 1.84 bits per heavy atom. The number of carbonyl (C=O) groups excluding carboxylic acids is 4. The van der Waals surface area contributed by atoms with E-state index in [-0.39, 0.29) is 24.5 Å². The summed E-state index contributed by atoms with van der Waals surface area (Å²) in [6.07, 6.45) is -4.46. The highest BCUT2D eigenvalue weighted by molar-refractivity contribution is 9.13. The molecule has 12 heteroatoms. The minimum atomic E-state index is -1.27. The van der Waals surface area contributed by atoms with Crippen molar-refractivity contribution in [3.05, 3.63) is 33.2 Å². The van der Waals surface area contributed by atoms with E-state index in [2.05, 4.69) is 31.9 Å². The quantitative estimate of drug-likeness (QED) is 0.345. The van der Waals surface area contributed by atoms with Crippen LogP contribution in [0, 0.1) is 5.92 Å². The molecule has 0 spiro atoms. The molecule has 0 amide bonds. The third-order valence-electron chi connectivity index (χ3n) is 5.66. The summed E-state index contributed by atoms with van der Waals surface area (Å²) in [5.41, 5.74) is 0. The fourth-order valence-corrected chi connectivity index (χ4v) is 4.99. The summed E-state index contributed by atoms with van der Waals surface area (Å²) in [6.45, 7) is 4.57. The molecule has 5 atom stereocenters. The molecule has 2 aromatic rings. The molecule has 0 heterocycles. The van der Waals surface area contributed by atoms with Crippen LogP contribution in [0.3, 0.4) is 0 Å². The van der Waals surface area contributed by atoms with Gasteiger partial charge in [-0.25, -0.2) is 0 Å². The zero-order valence-corrected chi connectivity index (χ0v) is 23.7. The first-order valence-corrected chi connectivity index (χ1v) is 12.9. The van der Waals surface area contributed by atoms with Crippen LogP contribution in [0.25, 0.3) is 10.8 Å². The number of hydrogen-bond acceptors (Lipinski definition) is 10. The van der Waals surface area contributed by atoms with Gasteiger partial charge in [-0.05, 0) is 73.3 Å². The number of halogens is 2. The molecule has 0 aromatic heterocycles. The van der Waals surface area contributed by atoms with E-state index in [0.29, 0.717) is 0 Å². The van der Waals surface area contributed by atoms with Gasteiger partial charge in [0.05, 0.1) is 6.61 Å². The van der Waals surface area contributed by atoms with Crippen molar-refractivity contribution in [2.24, 2.45) is 5.92 Å². The number of aromatic hydroxyl groups is 1. The first kappa shape index (κ1) is 28.7. The van der Waals surface area contributed by atoms with Crippen LogP contribution in [0.1, 0.15) is 34.1 Å². The van der Waals surface area contributed by atoms with Crippen LogP contribution >= 0.6 is 31.9 Å². The van der Waals surface area contributed by atoms with Crippen molar-refractivity contribution < 1.29 is 48.0 Å². The lowest BCUT2D eigenvalue weighted by Crippen LogP contribution is -2.60. The maximum atomic E-state index is 12.0. The molecule has 1 N–H and O–H groups in total. The summed E-state index contributed by atoms with van der Waals surface area (Å²) in [4.78, 5) is 47.4. The summed E-state index contributed by atoms with van der Waals surface area (Å²) >= 11 is 6.88. The maximum absolute atomic E-state index is 12.0. The van der Waals surface area contributed by atoms with Crippen LogP contribution < -0.4 is 4.74 Å². The van der Waals surface area contributed by atoms with Gasteiger partial charge in [-0.1, -0.05) is 0 Å². The molecule has 0 saturated heterocycles. The van der Waals surface area contributed by atoms with Gasteiger partial charge in [0, 0.05) is 42.6 Å². The van der Waals surface area contributed by atoms with Crippen LogP contribution in [-0.4, -0.2) is 60.0 Å². The Kier molecular flexibility index (Phi) is 9.41. The van der Waals surface area contributed by atoms with Gasteiger partial charge < -0.3 is 28.8 Å². The van der Waals surface area contributed by atoms with Crippen molar-refractivity contribution in [2.45, 2.75) is 58.5 Å². The van der Waals surface area contributed by atoms with Crippen molar-refractivity contribution in [1.29, 1.82) is 0 Å². The summed E-state index contributed by atoms with van der Waals surface area (Å²) in [7, 11) is 0. The molecule has 0 radical (unpaired) electrons. The van der Waals surface area contributed by atoms with Crippen molar-refractivity contribution in [1.82, 2.24) is 0 Å². The topological polar surface area (TPSA) is 135 Å². The average molecular weight is 646 g/mol. The monoisotopic (exact) mass is 644 g/mol. The number of esters is 4. The smallest absolute Gasteiger partial charge is 0.303 e. The molecule has 0 aliphatic heterocycles. The second-order valence-corrected chi connectivity index (χ2v) is 10.3. The molecule has 1 aliphatic carbocycles. The Labute approximate surface area is 229 Å². The first-order chi connectivity index (χ1) is 17.3. The van der Waals surface area contributed by atoms with E-state index >= 15 is 0 Å². The molecular formula is C25H26Br2O10. The van der Waals surface area contributed by atoms with Crippen LogP contribution in [-0.2, 0) is 38.1 Å². The highest BCUT2D eigenvalue weighted by Crippen LogP contribution is 2.40. The number of rotatable bonds is 7. The number of phenolic OH excluding ortho intramolecular Hbond substituents is 1. The van der Waals surface area contributed by atoms with Crippen molar-refractivity contribution in [2.75, 3.05) is 6.61 Å². The summed E-state index contributed by atoms with van der Waals surface area (Å²) in [6, 6.07) is 6.79. The molecule has 3 rings (SSSR count). The van der Waals surface area contributed by atoms with Crippen molar-refractivity contribution in [3.8, 4) is 11.5 Å². The predicted octanol–water partition coefficient (Wildman–Crippen LogP) is 4.20. The molecular weight excluding hydrogens is 620 g/mol. The van der Waals surface area contributed by atoms with Gasteiger partial charge >= 0.3 is 23.9 Å². The summed E-state index contributed by atoms with van der Waals surface area (Å²) < 4.78 is 29.3. The number of benzene rings is 2. The minimum absolute atomic E-state index is 0.0719. The first-order valence-electron chi connectivity index (χ1n) is 11.3. The van der Waals surface area contributed by atoms with Crippen molar-refractivity contribution >= 4 is 66.5 Å². The largest absolute Gasteiger partial charge is 0.504 e. The standard InChI is InChI=1S/C25H26Br2O10/c1-11(28)33-10-17-9-22(24(35-13(3)30)25(36-14(4)31)23(17)34-12(2)29)37-21-8-16-6-19(27)18(26)5-15(16)7-20(21)32/h5-8,17,22-25,32H,9-10H2,1-4H3. The highest BCUT2D eigenvalue weighted by Gasteiger charge is 2.52. The Balaban J connectivity index is 2.05. The molecule has 1 aliphatic rings. The number of carbonyl (C=O) groups is 4. The molecule has 10 nitrogen and oxygen atoms in total. The van der Waals surface area contributed by atoms with Crippen LogP contribution in [0.4, 0.5) is 0 Å². The average Bonchev–Trinajstić information content (AvgIpc) is 2.77. The van der Waals surface area contributed by atoms with Gasteiger partial charge in [-0.2, -0.15) is 0 Å². The molecule has 1 fully saturated rings. The lowest BCUT2D eigenvalue weighted by atomic mass is 9.80. The van der Waals surface area contributed by atoms with E-state index in [1.54, 1.807) is 6.07 Å². The van der Waals surface area contributed by atoms with E-state index < -0.39 is 54.2 Å². The zero-order chi connectivity index (χ0) is 27.4. The normalized spacial score (nSPS) is 23.1. The second kappa shape index (κ2) is 12.1. The lowest BCUT2D eigenvalue weighted by Gasteiger charge is -2.44. The third kappa shape index (κ3) is 7.35. The second-order valence-electron chi connectivity index (χ2n) is 8.61. The third-order valence-corrected chi connectivity index (χ3v) is 7.50. The van der Waals surface area contributed by atoms with E-state index in [0.717, 1.165) is 26.6 Å². The Morgan fingerprint density at radius 2 is 1.30 bits per heavy atom. The number of hydrogen-bond donors (Lipinski definition) is 1. The number of ether oxygens (including phenoxy) is 5. The van der Waals surface area contributed by atoms with Crippen LogP contribution in [0.2, 0.25) is 0 Å². The molecule has 1 saturated carbocycles. The van der Waals surface area contributed by atoms with E-state index in [1.165, 1.54) is 26.8 Å². The Hall–Kier alpha value is -2.86. The van der Waals surface area contributed by atoms with Crippen LogP contribution in [0.15, 0.2) is 33.2 Å². The highest BCUT2D eigenvalue weighted by atomic mass is 79.9. The van der Waals surface area contributed by atoms with Gasteiger partial charge in [0.25, 0.3) is 0 Å². The number of phenols is 1. The predicted molar refractivity (Wildman–Crippen MR) is 137 cm³/mol. The fraction of sp³-hybridized carbons (Fsp3) is 0.440. The number of fused-ring (bicyclic) bond motifs is 1. The van der Waals surface area contributed by atoms with E-state index in [9.17, 15) is 24.3 Å². The van der Waals surface area contributed by atoms with Gasteiger partial charge in [-0.3, -0.25) is 19.2 Å². The molecule has 200 valence electrons. The summed E-state index contributed by atoms with van der Waals surface area (Å²) in [5.74, 6) is -3.40. The van der Waals surface area contributed by atoms with E-state index in [1.807, 2.05) is 12.1 Å². The SMILES string of the molecule is CC(=O)OCC1CC(Oc2cc3cc(Br)c(Br)cc3cc2O)C(OC(C)=O)C(OC(C)=O)C1OC(C)=O. The summed E-state index contributed by atoms with van der Waals surface area (Å²) in [5, 5.41) is 12.2. The zero-order valence-electron chi connectivity index (χ0n) is 20.5. The Bertz CT molecular complexity index is 1210. The lowest BCUT2D eigenvalue weighted by molar-refractivity contribution is -0.213. The minimum Gasteiger partial charge on any atom is -0.504 e. The Morgan fingerprint density at radius 1 is 0.784 bits per heavy atom. The van der Waals surface area contributed by atoms with Crippen molar-refractivity contribution in [3.63, 3.8) is 0 Å². The molecule has 5 unspecified atom stereocenters. The molecule has 2 aromatic carbocycles. The van der Waals surface area contributed by atoms with Gasteiger partial charge in [0.1, 0.15) is 12.2 Å². The van der Waals surface area contributed by atoms with Gasteiger partial charge in [0.15, 0.2) is 23.7 Å². The fourth-order valence-electron chi connectivity index (χ4n) is 4.27. The molecule has 0 bridgehead atoms. The molecule has 37 heavy (non-hydrogen) atoms.